The summed E-state index contributed by atoms with van der Waals surface area (Å²) >= 11 is 11.0. The van der Waals surface area contributed by atoms with E-state index in [-0.39, 0.29) is 60.7 Å². The van der Waals surface area contributed by atoms with Gasteiger partial charge in [0.1, 0.15) is 39.6 Å². The Hall–Kier alpha value is -4.55. The summed E-state index contributed by atoms with van der Waals surface area (Å²) in [7, 11) is 0. The number of phenols is 4. The van der Waals surface area contributed by atoms with Crippen molar-refractivity contribution in [2.24, 2.45) is 4.99 Å². The number of thiocarbonyl (C=S) groups is 1. The minimum Gasteiger partial charge on any atom is -0.508 e. The third-order valence-corrected chi connectivity index (χ3v) is 5.22. The fraction of sp³-hybridized carbons (Fsp3) is 0. The lowest BCUT2D eigenvalue weighted by atomic mass is 10.1. The minimum atomic E-state index is -0.675. The Labute approximate surface area is 205 Å². The predicted octanol–water partition coefficient (Wildman–Crippen LogP) is 4.49. The second kappa shape index (κ2) is 9.00. The number of anilines is 1. The van der Waals surface area contributed by atoms with Crippen LogP contribution in [0.15, 0.2) is 57.9 Å². The maximum atomic E-state index is 11.4. The van der Waals surface area contributed by atoms with E-state index in [1.54, 1.807) is 0 Å². The molecular formula is C22H14ClN3O8S. The predicted molar refractivity (Wildman–Crippen MR) is 130 cm³/mol. The van der Waals surface area contributed by atoms with Crippen molar-refractivity contribution < 1.29 is 34.9 Å². The largest absolute Gasteiger partial charge is 0.508 e. The lowest BCUT2D eigenvalue weighted by molar-refractivity contribution is -0.383. The summed E-state index contributed by atoms with van der Waals surface area (Å²) in [5.41, 5.74) is -0.596. The molecule has 35 heavy (non-hydrogen) atoms. The van der Waals surface area contributed by atoms with E-state index in [4.69, 9.17) is 28.2 Å². The number of fused-ring (bicyclic) bond motifs is 1. The Balaban J connectivity index is 1.95. The number of hydrogen-bond acceptors (Lipinski definition) is 9. The summed E-state index contributed by atoms with van der Waals surface area (Å²) < 4.78 is 5.63. The van der Waals surface area contributed by atoms with Gasteiger partial charge >= 0.3 is 0 Å². The van der Waals surface area contributed by atoms with Crippen molar-refractivity contribution in [3.8, 4) is 40.1 Å². The van der Waals surface area contributed by atoms with Gasteiger partial charge in [0.2, 0.25) is 0 Å². The van der Waals surface area contributed by atoms with Crippen LogP contribution in [-0.4, -0.2) is 35.6 Å². The van der Waals surface area contributed by atoms with Gasteiger partial charge in [0.25, 0.3) is 5.69 Å². The van der Waals surface area contributed by atoms with E-state index in [1.165, 1.54) is 24.3 Å². The summed E-state index contributed by atoms with van der Waals surface area (Å²) in [4.78, 5) is 14.8. The van der Waals surface area contributed by atoms with Gasteiger partial charge < -0.3 is 35.3 Å². The molecule has 4 rings (SSSR count). The summed E-state index contributed by atoms with van der Waals surface area (Å²) in [5, 5.41) is 64.4. The van der Waals surface area contributed by atoms with Crippen LogP contribution in [-0.2, 0) is 0 Å². The molecule has 0 fully saturated rings. The molecule has 0 saturated heterocycles. The summed E-state index contributed by atoms with van der Waals surface area (Å²) in [5.74, 6) is -2.56. The van der Waals surface area contributed by atoms with Crippen molar-refractivity contribution >= 4 is 51.3 Å². The van der Waals surface area contributed by atoms with E-state index >= 15 is 0 Å². The number of hydrogen-bond donors (Lipinski definition) is 6. The highest BCUT2D eigenvalue weighted by molar-refractivity contribution is 7.80. The van der Waals surface area contributed by atoms with Crippen molar-refractivity contribution in [1.82, 2.24) is 0 Å². The third-order valence-electron chi connectivity index (χ3n) is 4.79. The molecule has 0 unspecified atom stereocenters. The fourth-order valence-electron chi connectivity index (χ4n) is 3.30. The minimum absolute atomic E-state index is 0.0316. The number of benzene rings is 3. The van der Waals surface area contributed by atoms with E-state index in [2.05, 4.69) is 10.3 Å². The first-order chi connectivity index (χ1) is 16.5. The van der Waals surface area contributed by atoms with Crippen LogP contribution < -0.4 is 10.7 Å². The molecule has 6 N–H and O–H groups in total. The molecule has 0 bridgehead atoms. The monoisotopic (exact) mass is 515 g/mol. The van der Waals surface area contributed by atoms with Crippen LogP contribution in [0.25, 0.3) is 22.3 Å². The van der Waals surface area contributed by atoms with Gasteiger partial charge in [0.15, 0.2) is 16.6 Å². The van der Waals surface area contributed by atoms with Crippen LogP contribution in [0.1, 0.15) is 0 Å². The topological polar surface area (TPSA) is 182 Å². The number of aromatic hydroxyl groups is 5. The summed E-state index contributed by atoms with van der Waals surface area (Å²) in [6.07, 6.45) is 0. The number of phenolic OH excluding ortho intramolecular Hbond substituents is 4. The van der Waals surface area contributed by atoms with Gasteiger partial charge in [-0.1, -0.05) is 11.6 Å². The van der Waals surface area contributed by atoms with Crippen LogP contribution in [0.5, 0.6) is 28.7 Å². The standard InChI is InChI=1S/C22H14ClN3O8S/c23-9-1-4-13(14(5-9)26(32)33)24-22(35)25-19-18-16(30)7-11(28)8-17(18)34-21(20(19)31)12-3-2-10(27)6-15(12)29/h1-8,27-31H,(H,24,35)/b25-19+. The molecular weight excluding hydrogens is 502 g/mol. The molecule has 0 amide bonds. The highest BCUT2D eigenvalue weighted by Crippen LogP contribution is 2.39. The summed E-state index contributed by atoms with van der Waals surface area (Å²) in [6.45, 7) is 0. The van der Waals surface area contributed by atoms with Gasteiger partial charge in [-0.3, -0.25) is 10.1 Å². The van der Waals surface area contributed by atoms with Crippen LogP contribution in [0.2, 0.25) is 5.02 Å². The lowest BCUT2D eigenvalue weighted by Gasteiger charge is -2.11. The van der Waals surface area contributed by atoms with Crippen molar-refractivity contribution in [3.63, 3.8) is 0 Å². The quantitative estimate of drug-likeness (QED) is 0.129. The van der Waals surface area contributed by atoms with Crippen LogP contribution in [0.3, 0.4) is 0 Å². The van der Waals surface area contributed by atoms with E-state index in [0.717, 1.165) is 24.3 Å². The molecule has 3 aromatic carbocycles. The molecule has 1 aromatic heterocycles. The average molecular weight is 516 g/mol. The first-order valence-corrected chi connectivity index (χ1v) is 10.4. The van der Waals surface area contributed by atoms with Gasteiger partial charge in [-0.2, -0.15) is 0 Å². The van der Waals surface area contributed by atoms with E-state index in [1.807, 2.05) is 0 Å². The first kappa shape index (κ1) is 23.6. The van der Waals surface area contributed by atoms with Crippen LogP contribution >= 0.6 is 23.8 Å². The zero-order valence-electron chi connectivity index (χ0n) is 17.3. The number of nitrogens with one attached hydrogen (secondary N) is 1. The van der Waals surface area contributed by atoms with E-state index in [0.29, 0.717) is 0 Å². The Kier molecular flexibility index (Phi) is 6.07. The Morgan fingerprint density at radius 1 is 1.00 bits per heavy atom. The van der Waals surface area contributed by atoms with Gasteiger partial charge in [-0.05, 0) is 36.5 Å². The highest BCUT2D eigenvalue weighted by atomic mass is 35.5. The number of nitro benzene ring substituents is 1. The molecule has 178 valence electrons. The molecule has 0 aliphatic rings. The Morgan fingerprint density at radius 3 is 2.40 bits per heavy atom. The molecule has 0 saturated carbocycles. The number of rotatable bonds is 3. The van der Waals surface area contributed by atoms with Crippen molar-refractivity contribution in [1.29, 1.82) is 0 Å². The molecule has 0 aliphatic heterocycles. The third kappa shape index (κ3) is 4.60. The highest BCUT2D eigenvalue weighted by Gasteiger charge is 2.21. The zero-order valence-corrected chi connectivity index (χ0v) is 18.8. The molecule has 0 aliphatic carbocycles. The SMILES string of the molecule is O=[N+]([O-])c1cc(Cl)ccc1NC(=S)/N=c1/c(O)c(-c2ccc(O)cc2O)oc2cc(O)cc(O)c12. The number of nitrogens with zero attached hydrogens (tertiary/aromatic N) is 2. The van der Waals surface area contributed by atoms with Gasteiger partial charge in [0.05, 0.1) is 15.9 Å². The lowest BCUT2D eigenvalue weighted by Crippen LogP contribution is -2.15. The fourth-order valence-corrected chi connectivity index (χ4v) is 3.67. The molecule has 11 nitrogen and oxygen atoms in total. The van der Waals surface area contributed by atoms with Gasteiger partial charge in [-0.25, -0.2) is 4.99 Å². The first-order valence-electron chi connectivity index (χ1n) is 9.59. The second-order valence-corrected chi connectivity index (χ2v) is 7.95. The van der Waals surface area contributed by atoms with Gasteiger partial charge in [-0.15, -0.1) is 0 Å². The smallest absolute Gasteiger partial charge is 0.294 e. The van der Waals surface area contributed by atoms with Crippen LogP contribution in [0, 0.1) is 10.1 Å². The second-order valence-electron chi connectivity index (χ2n) is 7.13. The molecule has 1 heterocycles. The molecule has 0 spiro atoms. The van der Waals surface area contributed by atoms with E-state index in [9.17, 15) is 35.6 Å². The van der Waals surface area contributed by atoms with Gasteiger partial charge in [0, 0.05) is 29.3 Å². The Morgan fingerprint density at radius 2 is 1.71 bits per heavy atom. The molecule has 13 heteroatoms. The number of nitro groups is 1. The molecule has 0 atom stereocenters. The maximum Gasteiger partial charge on any atom is 0.294 e. The normalized spacial score (nSPS) is 11.5. The zero-order chi connectivity index (χ0) is 25.4. The maximum absolute atomic E-state index is 11.4. The Bertz CT molecular complexity index is 1600. The average Bonchev–Trinajstić information content (AvgIpc) is 2.76. The molecule has 4 aromatic rings. The van der Waals surface area contributed by atoms with Crippen molar-refractivity contribution in [2.45, 2.75) is 0 Å². The molecule has 0 radical (unpaired) electrons. The number of halogens is 1. The van der Waals surface area contributed by atoms with Crippen molar-refractivity contribution in [2.75, 3.05) is 5.32 Å². The van der Waals surface area contributed by atoms with Crippen LogP contribution in [0.4, 0.5) is 11.4 Å². The van der Waals surface area contributed by atoms with E-state index < -0.39 is 22.2 Å². The summed E-state index contributed by atoms with van der Waals surface area (Å²) in [6, 6.07) is 9.44. The van der Waals surface area contributed by atoms with Crippen molar-refractivity contribution in [3.05, 3.63) is 69.0 Å².